The van der Waals surface area contributed by atoms with Crippen LogP contribution in [0.3, 0.4) is 0 Å². The van der Waals surface area contributed by atoms with Crippen LogP contribution >= 0.6 is 11.8 Å². The number of rotatable bonds is 4. The molecule has 7 heteroatoms. The Morgan fingerprint density at radius 2 is 1.75 bits per heavy atom. The number of nitrogens with two attached hydrogens (primary N) is 2. The van der Waals surface area contributed by atoms with E-state index in [2.05, 4.69) is 15.3 Å². The highest BCUT2D eigenvalue weighted by molar-refractivity contribution is 8.00. The van der Waals surface area contributed by atoms with Crippen molar-refractivity contribution in [1.82, 2.24) is 9.97 Å². The molecule has 1 amide bonds. The van der Waals surface area contributed by atoms with Crippen molar-refractivity contribution in [3.05, 3.63) is 48.5 Å². The maximum atomic E-state index is 12.5. The average molecular weight is 339 g/mol. The minimum Gasteiger partial charge on any atom is -0.383 e. The number of nitrogens with one attached hydrogen (secondary N) is 1. The Kier molecular flexibility index (Phi) is 4.52. The van der Waals surface area contributed by atoms with Crippen molar-refractivity contribution in [1.29, 1.82) is 0 Å². The van der Waals surface area contributed by atoms with Crippen LogP contribution in [0.4, 0.5) is 17.3 Å². The van der Waals surface area contributed by atoms with Gasteiger partial charge in [-0.1, -0.05) is 48.2 Å². The minimum atomic E-state index is -0.398. The monoisotopic (exact) mass is 339 g/mol. The van der Waals surface area contributed by atoms with Gasteiger partial charge >= 0.3 is 0 Å². The molecule has 0 saturated heterocycles. The van der Waals surface area contributed by atoms with E-state index in [-0.39, 0.29) is 17.5 Å². The summed E-state index contributed by atoms with van der Waals surface area (Å²) in [6, 6.07) is 15.2. The van der Waals surface area contributed by atoms with Crippen molar-refractivity contribution < 1.29 is 4.79 Å². The summed E-state index contributed by atoms with van der Waals surface area (Å²) in [6.07, 6.45) is 0. The third-order valence-corrected chi connectivity index (χ3v) is 4.41. The quantitative estimate of drug-likeness (QED) is 0.498. The summed E-state index contributed by atoms with van der Waals surface area (Å²) in [7, 11) is 0. The standard InChI is InChI=1S/C17H17N5OS/c1-10(24-17-21-14(18)9-15(19)22-17)16(23)20-13-8-4-6-11-5-2-3-7-12(11)13/h2-10H,1H3,(H,20,23)(H4,18,19,21,22)/t10-/m0/s1. The van der Waals surface area contributed by atoms with Crippen molar-refractivity contribution in [3.63, 3.8) is 0 Å². The summed E-state index contributed by atoms with van der Waals surface area (Å²) < 4.78 is 0. The zero-order chi connectivity index (χ0) is 17.1. The highest BCUT2D eigenvalue weighted by Gasteiger charge is 2.17. The second-order valence-electron chi connectivity index (χ2n) is 5.28. The molecule has 3 rings (SSSR count). The fourth-order valence-corrected chi connectivity index (χ4v) is 3.09. The molecule has 0 radical (unpaired) electrons. The molecule has 0 fully saturated rings. The summed E-state index contributed by atoms with van der Waals surface area (Å²) in [5.74, 6) is 0.430. The minimum absolute atomic E-state index is 0.138. The average Bonchev–Trinajstić information content (AvgIpc) is 2.54. The highest BCUT2D eigenvalue weighted by Crippen LogP contribution is 2.26. The zero-order valence-electron chi connectivity index (χ0n) is 13.1. The second kappa shape index (κ2) is 6.76. The molecule has 0 aliphatic carbocycles. The van der Waals surface area contributed by atoms with Crippen molar-refractivity contribution in [2.45, 2.75) is 17.3 Å². The van der Waals surface area contributed by atoms with Crippen LogP contribution in [0, 0.1) is 0 Å². The second-order valence-corrected chi connectivity index (χ2v) is 6.58. The van der Waals surface area contributed by atoms with Crippen LogP contribution in [0.2, 0.25) is 0 Å². The SMILES string of the molecule is C[C@H](Sc1nc(N)cc(N)n1)C(=O)Nc1cccc2ccccc12. The van der Waals surface area contributed by atoms with E-state index in [0.29, 0.717) is 5.16 Å². The van der Waals surface area contributed by atoms with Gasteiger partial charge in [0.05, 0.1) is 5.25 Å². The first-order valence-corrected chi connectivity index (χ1v) is 8.26. The molecule has 2 aromatic carbocycles. The molecule has 0 aliphatic rings. The number of nitrogen functional groups attached to an aromatic ring is 2. The number of fused-ring (bicyclic) bond motifs is 1. The predicted molar refractivity (Wildman–Crippen MR) is 98.8 cm³/mol. The number of aromatic nitrogens is 2. The van der Waals surface area contributed by atoms with Gasteiger partial charge in [0.15, 0.2) is 5.16 Å². The molecule has 0 aliphatic heterocycles. The number of hydrogen-bond donors (Lipinski definition) is 3. The number of benzene rings is 2. The number of anilines is 3. The Morgan fingerprint density at radius 1 is 1.08 bits per heavy atom. The molecule has 1 heterocycles. The number of nitrogens with zero attached hydrogens (tertiary/aromatic N) is 2. The van der Waals surface area contributed by atoms with Crippen molar-refractivity contribution >= 4 is 45.8 Å². The van der Waals surface area contributed by atoms with Crippen molar-refractivity contribution in [2.24, 2.45) is 0 Å². The lowest BCUT2D eigenvalue weighted by molar-refractivity contribution is -0.115. The van der Waals surface area contributed by atoms with Gasteiger partial charge in [0, 0.05) is 17.1 Å². The first-order valence-electron chi connectivity index (χ1n) is 7.38. The lowest BCUT2D eigenvalue weighted by Gasteiger charge is -2.13. The normalized spacial score (nSPS) is 12.0. The summed E-state index contributed by atoms with van der Waals surface area (Å²) in [4.78, 5) is 20.6. The number of hydrogen-bond acceptors (Lipinski definition) is 6. The Morgan fingerprint density at radius 3 is 2.50 bits per heavy atom. The third kappa shape index (κ3) is 3.57. The maximum Gasteiger partial charge on any atom is 0.237 e. The van der Waals surface area contributed by atoms with E-state index in [1.54, 1.807) is 6.92 Å². The molecular formula is C17H17N5OS. The van der Waals surface area contributed by atoms with E-state index in [4.69, 9.17) is 11.5 Å². The first kappa shape index (κ1) is 16.1. The fraction of sp³-hybridized carbons (Fsp3) is 0.118. The van der Waals surface area contributed by atoms with Gasteiger partial charge < -0.3 is 16.8 Å². The first-order chi connectivity index (χ1) is 11.5. The lowest BCUT2D eigenvalue weighted by atomic mass is 10.1. The predicted octanol–water partition coefficient (Wildman–Crippen LogP) is 2.91. The Labute approximate surface area is 143 Å². The van der Waals surface area contributed by atoms with Crippen LogP contribution < -0.4 is 16.8 Å². The van der Waals surface area contributed by atoms with E-state index < -0.39 is 5.25 Å². The summed E-state index contributed by atoms with van der Waals surface area (Å²) >= 11 is 1.21. The van der Waals surface area contributed by atoms with Gasteiger partial charge in [-0.3, -0.25) is 4.79 Å². The third-order valence-electron chi connectivity index (χ3n) is 3.44. The van der Waals surface area contributed by atoms with E-state index in [1.165, 1.54) is 17.8 Å². The molecule has 3 aromatic rings. The summed E-state index contributed by atoms with van der Waals surface area (Å²) in [5, 5.41) is 5.01. The molecule has 0 spiro atoms. The van der Waals surface area contributed by atoms with Gasteiger partial charge in [-0.05, 0) is 18.4 Å². The summed E-state index contributed by atoms with van der Waals surface area (Å²) in [6.45, 7) is 1.79. The molecule has 0 bridgehead atoms. The maximum absolute atomic E-state index is 12.5. The van der Waals surface area contributed by atoms with E-state index in [9.17, 15) is 4.79 Å². The van der Waals surface area contributed by atoms with Gasteiger partial charge in [0.1, 0.15) is 11.6 Å². The number of carbonyl (C=O) groups is 1. The number of thioether (sulfide) groups is 1. The zero-order valence-corrected chi connectivity index (χ0v) is 13.9. The van der Waals surface area contributed by atoms with Crippen LogP contribution in [0.15, 0.2) is 53.7 Å². The number of amides is 1. The highest BCUT2D eigenvalue weighted by atomic mass is 32.2. The molecule has 5 N–H and O–H groups in total. The van der Waals surface area contributed by atoms with Gasteiger partial charge in [-0.25, -0.2) is 9.97 Å². The number of carbonyl (C=O) groups excluding carboxylic acids is 1. The van der Waals surface area contributed by atoms with Crippen LogP contribution in [-0.4, -0.2) is 21.1 Å². The largest absolute Gasteiger partial charge is 0.383 e. The molecular weight excluding hydrogens is 322 g/mol. The molecule has 0 unspecified atom stereocenters. The van der Waals surface area contributed by atoms with Crippen LogP contribution in [0.1, 0.15) is 6.92 Å². The van der Waals surface area contributed by atoms with Crippen molar-refractivity contribution in [3.8, 4) is 0 Å². The van der Waals surface area contributed by atoms with Crippen molar-refractivity contribution in [2.75, 3.05) is 16.8 Å². The Bertz CT molecular complexity index is 874. The van der Waals surface area contributed by atoms with Gasteiger partial charge in [-0.2, -0.15) is 0 Å². The van der Waals surface area contributed by atoms with Crippen LogP contribution in [0.5, 0.6) is 0 Å². The lowest BCUT2D eigenvalue weighted by Crippen LogP contribution is -2.23. The topological polar surface area (TPSA) is 107 Å². The van der Waals surface area contributed by atoms with Gasteiger partial charge in [-0.15, -0.1) is 0 Å². The molecule has 0 saturated carbocycles. The molecule has 24 heavy (non-hydrogen) atoms. The fourth-order valence-electron chi connectivity index (χ4n) is 2.30. The van der Waals surface area contributed by atoms with Gasteiger partial charge in [0.25, 0.3) is 0 Å². The Balaban J connectivity index is 1.76. The van der Waals surface area contributed by atoms with E-state index >= 15 is 0 Å². The Hall–Kier alpha value is -2.80. The van der Waals surface area contributed by atoms with Gasteiger partial charge in [0.2, 0.25) is 5.91 Å². The van der Waals surface area contributed by atoms with Crippen LogP contribution in [-0.2, 0) is 4.79 Å². The van der Waals surface area contributed by atoms with E-state index in [0.717, 1.165) is 16.5 Å². The van der Waals surface area contributed by atoms with Crippen LogP contribution in [0.25, 0.3) is 10.8 Å². The van der Waals surface area contributed by atoms with E-state index in [1.807, 2.05) is 42.5 Å². The smallest absolute Gasteiger partial charge is 0.237 e. The molecule has 1 aromatic heterocycles. The summed E-state index contributed by atoms with van der Waals surface area (Å²) in [5.41, 5.74) is 12.1. The molecule has 1 atom stereocenters. The molecule has 6 nitrogen and oxygen atoms in total. The molecule has 122 valence electrons.